The molecule has 1 amide bonds. The third-order valence-corrected chi connectivity index (χ3v) is 4.67. The number of nitrogens with zero attached hydrogens (tertiary/aromatic N) is 3. The van der Waals surface area contributed by atoms with Gasteiger partial charge in [-0.15, -0.1) is 0 Å². The highest BCUT2D eigenvalue weighted by molar-refractivity contribution is 6.11. The zero-order chi connectivity index (χ0) is 17.2. The fourth-order valence-corrected chi connectivity index (χ4v) is 3.24. The SMILES string of the molecule is COc1ncc2ccc3c(C(=O)NCC4CCNCC4)[nH]nc3c2n1. The molecule has 1 aliphatic heterocycles. The van der Waals surface area contributed by atoms with Crippen molar-refractivity contribution in [3.05, 3.63) is 24.0 Å². The molecule has 3 heterocycles. The molecule has 0 bridgehead atoms. The van der Waals surface area contributed by atoms with Gasteiger partial charge in [0.15, 0.2) is 0 Å². The zero-order valence-electron chi connectivity index (χ0n) is 14.0. The lowest BCUT2D eigenvalue weighted by Gasteiger charge is -2.22. The van der Waals surface area contributed by atoms with E-state index in [1.165, 1.54) is 7.11 Å². The molecule has 130 valence electrons. The minimum Gasteiger partial charge on any atom is -0.467 e. The maximum atomic E-state index is 12.6. The Balaban J connectivity index is 1.61. The first-order valence-corrected chi connectivity index (χ1v) is 8.43. The summed E-state index contributed by atoms with van der Waals surface area (Å²) in [7, 11) is 1.52. The number of piperidine rings is 1. The number of ether oxygens (including phenoxy) is 1. The molecule has 3 aromatic rings. The van der Waals surface area contributed by atoms with E-state index in [2.05, 4.69) is 30.8 Å². The molecule has 8 heteroatoms. The summed E-state index contributed by atoms with van der Waals surface area (Å²) in [5, 5.41) is 15.1. The second-order valence-electron chi connectivity index (χ2n) is 6.26. The molecule has 8 nitrogen and oxygen atoms in total. The van der Waals surface area contributed by atoms with Crippen molar-refractivity contribution >= 4 is 27.7 Å². The summed E-state index contributed by atoms with van der Waals surface area (Å²) in [6, 6.07) is 4.03. The summed E-state index contributed by atoms with van der Waals surface area (Å²) in [5.74, 6) is 0.388. The number of benzene rings is 1. The number of nitrogens with one attached hydrogen (secondary N) is 3. The highest BCUT2D eigenvalue weighted by Gasteiger charge is 2.18. The Hall–Kier alpha value is -2.74. The number of methoxy groups -OCH3 is 1. The highest BCUT2D eigenvalue weighted by atomic mass is 16.5. The van der Waals surface area contributed by atoms with Gasteiger partial charge in [-0.2, -0.15) is 10.1 Å². The van der Waals surface area contributed by atoms with Crippen molar-refractivity contribution in [1.29, 1.82) is 0 Å². The highest BCUT2D eigenvalue weighted by Crippen LogP contribution is 2.25. The van der Waals surface area contributed by atoms with Crippen LogP contribution in [0.3, 0.4) is 0 Å². The van der Waals surface area contributed by atoms with Crippen molar-refractivity contribution in [2.75, 3.05) is 26.7 Å². The van der Waals surface area contributed by atoms with E-state index in [-0.39, 0.29) is 11.9 Å². The molecule has 0 saturated carbocycles. The standard InChI is InChI=1S/C17H20N6O2/c1-25-17-20-9-11-2-3-12-14(13(11)21-17)22-23-15(12)16(24)19-8-10-4-6-18-7-5-10/h2-3,9-10,18H,4-8H2,1H3,(H,19,24)(H,22,23). The first-order chi connectivity index (χ1) is 12.3. The molecule has 0 atom stereocenters. The maximum absolute atomic E-state index is 12.6. The number of amides is 1. The largest absolute Gasteiger partial charge is 0.467 e. The molecule has 1 aliphatic rings. The van der Waals surface area contributed by atoms with Crippen LogP contribution in [0.2, 0.25) is 0 Å². The van der Waals surface area contributed by atoms with Crippen molar-refractivity contribution in [1.82, 2.24) is 30.8 Å². The average molecular weight is 340 g/mol. The van der Waals surface area contributed by atoms with Crippen LogP contribution in [0.15, 0.2) is 18.3 Å². The first-order valence-electron chi connectivity index (χ1n) is 8.43. The fraction of sp³-hybridized carbons (Fsp3) is 0.412. The van der Waals surface area contributed by atoms with E-state index in [9.17, 15) is 4.79 Å². The smallest absolute Gasteiger partial charge is 0.316 e. The monoisotopic (exact) mass is 340 g/mol. The summed E-state index contributed by atoms with van der Waals surface area (Å²) in [6.07, 6.45) is 3.86. The van der Waals surface area contributed by atoms with E-state index in [4.69, 9.17) is 4.74 Å². The van der Waals surface area contributed by atoms with Gasteiger partial charge in [-0.3, -0.25) is 9.89 Å². The van der Waals surface area contributed by atoms with E-state index in [0.717, 1.165) is 36.7 Å². The number of aromatic amines is 1. The van der Waals surface area contributed by atoms with Gasteiger partial charge in [0.2, 0.25) is 0 Å². The molecule has 0 unspecified atom stereocenters. The van der Waals surface area contributed by atoms with Crippen molar-refractivity contribution in [2.45, 2.75) is 12.8 Å². The molecule has 0 spiro atoms. The van der Waals surface area contributed by atoms with Crippen LogP contribution in [0.4, 0.5) is 0 Å². The Labute approximate surface area is 144 Å². The number of carbonyl (C=O) groups excluding carboxylic acids is 1. The average Bonchev–Trinajstić information content (AvgIpc) is 3.11. The van der Waals surface area contributed by atoms with Crippen molar-refractivity contribution in [2.24, 2.45) is 5.92 Å². The van der Waals surface area contributed by atoms with Gasteiger partial charge in [-0.1, -0.05) is 6.07 Å². The number of hydrogen-bond donors (Lipinski definition) is 3. The van der Waals surface area contributed by atoms with E-state index < -0.39 is 0 Å². The van der Waals surface area contributed by atoms with Crippen LogP contribution in [0.25, 0.3) is 21.8 Å². The Kier molecular flexibility index (Phi) is 4.19. The van der Waals surface area contributed by atoms with Gasteiger partial charge in [0, 0.05) is 23.5 Å². The van der Waals surface area contributed by atoms with Gasteiger partial charge in [0.1, 0.15) is 16.7 Å². The van der Waals surface area contributed by atoms with Crippen molar-refractivity contribution in [3.8, 4) is 6.01 Å². The Bertz CT molecular complexity index is 916. The predicted molar refractivity (Wildman–Crippen MR) is 93.7 cm³/mol. The number of hydrogen-bond acceptors (Lipinski definition) is 6. The molecular weight excluding hydrogens is 320 g/mol. The number of H-pyrrole nitrogens is 1. The van der Waals surface area contributed by atoms with Crippen LogP contribution in [-0.4, -0.2) is 52.8 Å². The van der Waals surface area contributed by atoms with Crippen LogP contribution in [0.5, 0.6) is 6.01 Å². The van der Waals surface area contributed by atoms with Gasteiger partial charge in [-0.25, -0.2) is 4.98 Å². The van der Waals surface area contributed by atoms with Gasteiger partial charge < -0.3 is 15.4 Å². The normalized spacial score (nSPS) is 15.6. The van der Waals surface area contributed by atoms with Gasteiger partial charge in [0.25, 0.3) is 5.91 Å². The number of carbonyl (C=O) groups is 1. The van der Waals surface area contributed by atoms with Crippen LogP contribution < -0.4 is 15.4 Å². The molecule has 1 fully saturated rings. The minimum atomic E-state index is -0.138. The van der Waals surface area contributed by atoms with E-state index in [0.29, 0.717) is 29.2 Å². The van der Waals surface area contributed by atoms with Crippen LogP contribution in [0, 0.1) is 5.92 Å². The fourth-order valence-electron chi connectivity index (χ4n) is 3.24. The van der Waals surface area contributed by atoms with Gasteiger partial charge in [-0.05, 0) is 37.9 Å². The Morgan fingerprint density at radius 1 is 1.32 bits per heavy atom. The van der Waals surface area contributed by atoms with Crippen LogP contribution >= 0.6 is 0 Å². The summed E-state index contributed by atoms with van der Waals surface area (Å²) in [5.41, 5.74) is 1.77. The van der Waals surface area contributed by atoms with Crippen LogP contribution in [-0.2, 0) is 0 Å². The minimum absolute atomic E-state index is 0.138. The third-order valence-electron chi connectivity index (χ3n) is 4.67. The molecule has 3 N–H and O–H groups in total. The van der Waals surface area contributed by atoms with Gasteiger partial charge >= 0.3 is 6.01 Å². The predicted octanol–water partition coefficient (Wildman–Crippen LogP) is 1.24. The number of aromatic nitrogens is 4. The quantitative estimate of drug-likeness (QED) is 0.660. The van der Waals surface area contributed by atoms with E-state index in [1.807, 2.05) is 12.1 Å². The molecular formula is C17H20N6O2. The Morgan fingerprint density at radius 3 is 2.96 bits per heavy atom. The molecule has 1 aromatic carbocycles. The summed E-state index contributed by atoms with van der Waals surface area (Å²) in [6.45, 7) is 2.71. The molecule has 1 saturated heterocycles. The second-order valence-corrected chi connectivity index (χ2v) is 6.26. The van der Waals surface area contributed by atoms with E-state index >= 15 is 0 Å². The maximum Gasteiger partial charge on any atom is 0.316 e. The number of fused-ring (bicyclic) bond motifs is 3. The lowest BCUT2D eigenvalue weighted by molar-refractivity contribution is 0.0941. The summed E-state index contributed by atoms with van der Waals surface area (Å²) in [4.78, 5) is 21.0. The molecule has 4 rings (SSSR count). The van der Waals surface area contributed by atoms with Crippen molar-refractivity contribution < 1.29 is 9.53 Å². The van der Waals surface area contributed by atoms with Gasteiger partial charge in [0.05, 0.1) is 7.11 Å². The lowest BCUT2D eigenvalue weighted by Crippen LogP contribution is -2.36. The molecule has 25 heavy (non-hydrogen) atoms. The number of rotatable bonds is 4. The van der Waals surface area contributed by atoms with Crippen molar-refractivity contribution in [3.63, 3.8) is 0 Å². The topological polar surface area (TPSA) is 105 Å². The summed E-state index contributed by atoms with van der Waals surface area (Å²) >= 11 is 0. The first kappa shape index (κ1) is 15.8. The van der Waals surface area contributed by atoms with Crippen LogP contribution in [0.1, 0.15) is 23.3 Å². The van der Waals surface area contributed by atoms with E-state index in [1.54, 1.807) is 6.20 Å². The zero-order valence-corrected chi connectivity index (χ0v) is 14.0. The molecule has 2 aromatic heterocycles. The molecule has 0 aliphatic carbocycles. The summed E-state index contributed by atoms with van der Waals surface area (Å²) < 4.78 is 5.09. The lowest BCUT2D eigenvalue weighted by atomic mass is 9.98. The Morgan fingerprint density at radius 2 is 2.16 bits per heavy atom. The third kappa shape index (κ3) is 3.00. The molecule has 0 radical (unpaired) electrons. The second kappa shape index (κ2) is 6.64.